The molecule has 0 spiro atoms. The van der Waals surface area contributed by atoms with Gasteiger partial charge < -0.3 is 0 Å². The lowest BCUT2D eigenvalue weighted by Crippen LogP contribution is -1.85. The van der Waals surface area contributed by atoms with Crippen LogP contribution in [0.25, 0.3) is 21.8 Å². The van der Waals surface area contributed by atoms with Crippen LogP contribution >= 0.6 is 11.6 Å². The molecule has 0 saturated carbocycles. The molecule has 0 fully saturated rings. The summed E-state index contributed by atoms with van der Waals surface area (Å²) in [5.74, 6) is 0.827. The van der Waals surface area contributed by atoms with Crippen molar-refractivity contribution in [3.63, 3.8) is 0 Å². The van der Waals surface area contributed by atoms with E-state index in [0.717, 1.165) is 16.9 Å². The summed E-state index contributed by atoms with van der Waals surface area (Å²) in [6.45, 7) is 2.17. The Labute approximate surface area is 101 Å². The zero-order chi connectivity index (χ0) is 11.4. The lowest BCUT2D eigenvalue weighted by atomic mass is 10.1. The summed E-state index contributed by atoms with van der Waals surface area (Å²) in [4.78, 5) is 4.37. The molecule has 0 radical (unpaired) electrons. The van der Waals surface area contributed by atoms with Gasteiger partial charge in [-0.15, -0.1) is 11.6 Å². The predicted octanol–water partition coefficient (Wildman–Crippen LogP) is 4.68. The van der Waals surface area contributed by atoms with Crippen molar-refractivity contribution in [1.82, 2.24) is 4.98 Å². The molecular formula is C14H16ClN. The van der Waals surface area contributed by atoms with Crippen LogP contribution in [0.5, 0.6) is 0 Å². The van der Waals surface area contributed by atoms with Crippen molar-refractivity contribution in [2.45, 2.75) is 26.2 Å². The van der Waals surface area contributed by atoms with Gasteiger partial charge in [0.15, 0.2) is 0 Å². The number of benzene rings is 2. The van der Waals surface area contributed by atoms with E-state index in [1.807, 2.05) is 0 Å². The van der Waals surface area contributed by atoms with E-state index in [-0.39, 0.29) is 0 Å². The summed E-state index contributed by atoms with van der Waals surface area (Å²) in [6.07, 6.45) is 3.73. The fraction of sp³-hybridized carbons (Fsp3) is 0.357. The molecule has 5 rings (SSSR count). The Hall–Kier alpha value is -1.08. The van der Waals surface area contributed by atoms with E-state index in [1.54, 1.807) is 0 Å². The minimum atomic E-state index is 0.827. The number of nitrogens with zero attached hydrogens (tertiary/aromatic N) is 1. The van der Waals surface area contributed by atoms with Crippen LogP contribution in [0.15, 0.2) is 30.3 Å². The lowest BCUT2D eigenvalue weighted by Gasteiger charge is -2.04. The molecule has 2 heteroatoms. The number of aromatic nitrogens is 1. The van der Waals surface area contributed by atoms with Crippen molar-refractivity contribution in [3.8, 4) is 0 Å². The molecule has 3 aromatic heterocycles. The molecular weight excluding hydrogens is 218 g/mol. The van der Waals surface area contributed by atoms with Crippen molar-refractivity contribution < 1.29 is 0 Å². The highest BCUT2D eigenvalue weighted by atomic mass is 35.5. The molecule has 84 valence electrons. The maximum atomic E-state index is 5.38. The summed E-state index contributed by atoms with van der Waals surface area (Å²) in [7, 11) is 0. The number of rotatable bonds is 3. The standard InChI is InChI=1S/C9H5N.C5H11Cl/c1-3-8-7-2-4-9(10-8)6(1)5-7;1-2-3-4-5-6/h1-5H;2-5H2,1H3. The second-order valence-electron chi connectivity index (χ2n) is 4.00. The molecule has 0 unspecified atom stereocenters. The van der Waals surface area contributed by atoms with Crippen LogP contribution in [0.4, 0.5) is 0 Å². The van der Waals surface area contributed by atoms with Gasteiger partial charge in [0.1, 0.15) is 0 Å². The fourth-order valence-electron chi connectivity index (χ4n) is 1.79. The number of hydrogen-bond donors (Lipinski definition) is 0. The Balaban J connectivity index is 0.000000142. The second-order valence-corrected chi connectivity index (χ2v) is 4.38. The van der Waals surface area contributed by atoms with Gasteiger partial charge in [-0.25, -0.2) is 4.98 Å². The normalized spacial score (nSPS) is 10.9. The monoisotopic (exact) mass is 233 g/mol. The highest BCUT2D eigenvalue weighted by Crippen LogP contribution is 2.23. The number of fused-ring (bicyclic) bond motifs is 2. The lowest BCUT2D eigenvalue weighted by molar-refractivity contribution is 0.776. The van der Waals surface area contributed by atoms with Crippen molar-refractivity contribution in [3.05, 3.63) is 30.3 Å². The number of halogens is 1. The van der Waals surface area contributed by atoms with Crippen molar-refractivity contribution in [1.29, 1.82) is 0 Å². The van der Waals surface area contributed by atoms with Gasteiger partial charge in [0, 0.05) is 16.7 Å². The van der Waals surface area contributed by atoms with Crippen molar-refractivity contribution in [2.75, 3.05) is 5.88 Å². The second kappa shape index (κ2) is 5.31. The molecule has 0 amide bonds. The Morgan fingerprint density at radius 2 is 1.62 bits per heavy atom. The minimum Gasteiger partial charge on any atom is -0.248 e. The molecule has 1 nitrogen and oxygen atoms in total. The minimum absolute atomic E-state index is 0.827. The molecule has 0 saturated heterocycles. The molecule has 0 aliphatic carbocycles. The maximum absolute atomic E-state index is 5.38. The van der Waals surface area contributed by atoms with E-state index in [2.05, 4.69) is 42.2 Å². The van der Waals surface area contributed by atoms with E-state index >= 15 is 0 Å². The first kappa shape index (κ1) is 11.4. The van der Waals surface area contributed by atoms with Crippen LogP contribution in [0.3, 0.4) is 0 Å². The molecule has 0 N–H and O–H groups in total. The topological polar surface area (TPSA) is 12.9 Å². The number of pyridine rings is 3. The third kappa shape index (κ3) is 2.35. The largest absolute Gasteiger partial charge is 0.248 e. The van der Waals surface area contributed by atoms with E-state index in [0.29, 0.717) is 0 Å². The third-order valence-electron chi connectivity index (χ3n) is 2.72. The van der Waals surface area contributed by atoms with Crippen LogP contribution in [0.2, 0.25) is 0 Å². The Morgan fingerprint density at radius 3 is 1.88 bits per heavy atom. The summed E-state index contributed by atoms with van der Waals surface area (Å²) in [6, 6.07) is 10.5. The number of unbranched alkanes of at least 4 members (excludes halogenated alkanes) is 2. The van der Waals surface area contributed by atoms with Crippen LogP contribution in [0.1, 0.15) is 26.2 Å². The summed E-state index contributed by atoms with van der Waals surface area (Å²) < 4.78 is 0. The summed E-state index contributed by atoms with van der Waals surface area (Å²) in [5, 5.41) is 2.51. The first-order valence-electron chi connectivity index (χ1n) is 5.82. The molecule has 0 aliphatic rings. The molecule has 0 aliphatic heterocycles. The molecule has 4 bridgehead atoms. The van der Waals surface area contributed by atoms with Crippen LogP contribution in [-0.2, 0) is 0 Å². The van der Waals surface area contributed by atoms with Gasteiger partial charge in [-0.05, 0) is 24.6 Å². The van der Waals surface area contributed by atoms with E-state index in [1.165, 1.54) is 30.0 Å². The molecule has 0 atom stereocenters. The SMILES string of the molecule is CCCCCCl.c1cc2nc3ccc2cc13. The summed E-state index contributed by atoms with van der Waals surface area (Å²) >= 11 is 5.38. The van der Waals surface area contributed by atoms with Crippen molar-refractivity contribution >= 4 is 33.4 Å². The highest BCUT2D eigenvalue weighted by molar-refractivity contribution is 6.17. The van der Waals surface area contributed by atoms with E-state index in [4.69, 9.17) is 11.6 Å². The Kier molecular flexibility index (Phi) is 3.79. The van der Waals surface area contributed by atoms with Gasteiger partial charge in [-0.3, -0.25) is 0 Å². The van der Waals surface area contributed by atoms with Gasteiger partial charge >= 0.3 is 0 Å². The smallest absolute Gasteiger partial charge is 0.0709 e. The van der Waals surface area contributed by atoms with Gasteiger partial charge in [0.25, 0.3) is 0 Å². The third-order valence-corrected chi connectivity index (χ3v) is 2.99. The summed E-state index contributed by atoms with van der Waals surface area (Å²) in [5.41, 5.74) is 2.24. The van der Waals surface area contributed by atoms with E-state index in [9.17, 15) is 0 Å². The van der Waals surface area contributed by atoms with Crippen LogP contribution < -0.4 is 0 Å². The van der Waals surface area contributed by atoms with Crippen LogP contribution in [-0.4, -0.2) is 10.9 Å². The van der Waals surface area contributed by atoms with Gasteiger partial charge in [-0.1, -0.05) is 31.9 Å². The molecule has 16 heavy (non-hydrogen) atoms. The Morgan fingerprint density at radius 1 is 1.00 bits per heavy atom. The van der Waals surface area contributed by atoms with E-state index < -0.39 is 0 Å². The van der Waals surface area contributed by atoms with Gasteiger partial charge in [-0.2, -0.15) is 0 Å². The average Bonchev–Trinajstić information content (AvgIpc) is 2.37. The zero-order valence-electron chi connectivity index (χ0n) is 9.54. The van der Waals surface area contributed by atoms with Crippen molar-refractivity contribution in [2.24, 2.45) is 0 Å². The maximum Gasteiger partial charge on any atom is 0.0709 e. The Bertz CT molecular complexity index is 432. The number of alkyl halides is 1. The fourth-order valence-corrected chi connectivity index (χ4v) is 1.98. The average molecular weight is 234 g/mol. The first-order valence-corrected chi connectivity index (χ1v) is 6.35. The molecule has 5 aromatic rings. The highest BCUT2D eigenvalue weighted by Gasteiger charge is 2.02. The quantitative estimate of drug-likeness (QED) is 0.473. The zero-order valence-corrected chi connectivity index (χ0v) is 10.3. The molecule has 2 aromatic carbocycles. The van der Waals surface area contributed by atoms with Crippen LogP contribution in [0, 0.1) is 0 Å². The molecule has 3 heterocycles. The number of hydrogen-bond acceptors (Lipinski definition) is 1. The predicted molar refractivity (Wildman–Crippen MR) is 71.9 cm³/mol. The first-order chi connectivity index (χ1) is 7.85. The van der Waals surface area contributed by atoms with Gasteiger partial charge in [0.05, 0.1) is 11.0 Å². The van der Waals surface area contributed by atoms with Gasteiger partial charge in [0.2, 0.25) is 0 Å².